The summed E-state index contributed by atoms with van der Waals surface area (Å²) in [6.45, 7) is 2.70. The van der Waals surface area contributed by atoms with Crippen molar-refractivity contribution < 1.29 is 4.74 Å². The topological polar surface area (TPSA) is 35.2 Å². The highest BCUT2D eigenvalue weighted by molar-refractivity contribution is 4.84. The molecular formula is C10H19NO. The Morgan fingerprint density at radius 1 is 1.25 bits per heavy atom. The maximum atomic E-state index is 5.73. The van der Waals surface area contributed by atoms with Gasteiger partial charge in [0.25, 0.3) is 0 Å². The monoisotopic (exact) mass is 169 g/mol. The van der Waals surface area contributed by atoms with Gasteiger partial charge in [0.1, 0.15) is 0 Å². The molecule has 2 nitrogen and oxygen atoms in total. The highest BCUT2D eigenvalue weighted by Gasteiger charge is 2.34. The van der Waals surface area contributed by atoms with Gasteiger partial charge in [0, 0.05) is 6.61 Å². The van der Waals surface area contributed by atoms with Crippen LogP contribution < -0.4 is 5.73 Å². The Hall–Kier alpha value is -0.0800. The standard InChI is InChI=1S/C10H19NO/c11-6-9-7-12-5-4-10(9)8-2-1-3-8/h8-10H,1-7,11H2. The van der Waals surface area contributed by atoms with Crippen LogP contribution in [-0.2, 0) is 4.74 Å². The van der Waals surface area contributed by atoms with Crippen LogP contribution in [-0.4, -0.2) is 19.8 Å². The maximum absolute atomic E-state index is 5.73. The fourth-order valence-corrected chi connectivity index (χ4v) is 2.54. The van der Waals surface area contributed by atoms with Crippen LogP contribution in [0.2, 0.25) is 0 Å². The summed E-state index contributed by atoms with van der Waals surface area (Å²) in [5, 5.41) is 0. The lowest BCUT2D eigenvalue weighted by Gasteiger charge is -2.40. The van der Waals surface area contributed by atoms with Crippen molar-refractivity contribution in [3.8, 4) is 0 Å². The number of rotatable bonds is 2. The molecule has 0 aromatic rings. The first-order chi connectivity index (χ1) is 5.92. The molecule has 0 spiro atoms. The molecule has 2 rings (SSSR count). The Morgan fingerprint density at radius 3 is 2.67 bits per heavy atom. The molecule has 0 bridgehead atoms. The third-order valence-electron chi connectivity index (χ3n) is 3.59. The Bertz CT molecular complexity index is 145. The van der Waals surface area contributed by atoms with E-state index in [-0.39, 0.29) is 0 Å². The van der Waals surface area contributed by atoms with Gasteiger partial charge in [0.15, 0.2) is 0 Å². The molecule has 2 fully saturated rings. The summed E-state index contributed by atoms with van der Waals surface area (Å²) in [7, 11) is 0. The van der Waals surface area contributed by atoms with Crippen LogP contribution in [0.15, 0.2) is 0 Å². The zero-order chi connectivity index (χ0) is 8.39. The van der Waals surface area contributed by atoms with Gasteiger partial charge < -0.3 is 10.5 Å². The van der Waals surface area contributed by atoms with Crippen LogP contribution >= 0.6 is 0 Å². The van der Waals surface area contributed by atoms with Gasteiger partial charge in [-0.25, -0.2) is 0 Å². The van der Waals surface area contributed by atoms with Crippen molar-refractivity contribution in [2.75, 3.05) is 19.8 Å². The molecule has 70 valence electrons. The molecule has 2 atom stereocenters. The molecule has 0 amide bonds. The van der Waals surface area contributed by atoms with Crippen molar-refractivity contribution >= 4 is 0 Å². The predicted molar refractivity (Wildman–Crippen MR) is 48.8 cm³/mol. The third-order valence-corrected chi connectivity index (χ3v) is 3.59. The minimum absolute atomic E-state index is 0.657. The highest BCUT2D eigenvalue weighted by atomic mass is 16.5. The molecule has 1 aliphatic heterocycles. The average molecular weight is 169 g/mol. The summed E-state index contributed by atoms with van der Waals surface area (Å²) >= 11 is 0. The van der Waals surface area contributed by atoms with Crippen molar-refractivity contribution in [1.82, 2.24) is 0 Å². The van der Waals surface area contributed by atoms with Crippen molar-refractivity contribution in [2.24, 2.45) is 23.5 Å². The van der Waals surface area contributed by atoms with Crippen LogP contribution in [0.3, 0.4) is 0 Å². The highest BCUT2D eigenvalue weighted by Crippen LogP contribution is 2.40. The summed E-state index contributed by atoms with van der Waals surface area (Å²) < 4.78 is 5.44. The largest absolute Gasteiger partial charge is 0.381 e. The second kappa shape index (κ2) is 3.75. The van der Waals surface area contributed by atoms with Crippen LogP contribution in [0.1, 0.15) is 25.7 Å². The van der Waals surface area contributed by atoms with Crippen molar-refractivity contribution in [3.63, 3.8) is 0 Å². The molecule has 0 radical (unpaired) electrons. The summed E-state index contributed by atoms with van der Waals surface area (Å²) in [5.41, 5.74) is 5.73. The van der Waals surface area contributed by atoms with Gasteiger partial charge in [-0.1, -0.05) is 19.3 Å². The smallest absolute Gasteiger partial charge is 0.0509 e. The lowest BCUT2D eigenvalue weighted by Crippen LogP contribution is -2.39. The molecule has 2 heteroatoms. The predicted octanol–water partition coefficient (Wildman–Crippen LogP) is 1.40. The van der Waals surface area contributed by atoms with E-state index in [0.717, 1.165) is 31.6 Å². The number of hydrogen-bond donors (Lipinski definition) is 1. The quantitative estimate of drug-likeness (QED) is 0.678. The summed E-state index contributed by atoms with van der Waals surface area (Å²) in [5.74, 6) is 2.53. The first-order valence-corrected chi connectivity index (χ1v) is 5.19. The van der Waals surface area contributed by atoms with Crippen LogP contribution in [0.5, 0.6) is 0 Å². The first kappa shape index (κ1) is 8.52. The Kier molecular flexibility index (Phi) is 2.66. The van der Waals surface area contributed by atoms with Crippen molar-refractivity contribution in [1.29, 1.82) is 0 Å². The van der Waals surface area contributed by atoms with Crippen LogP contribution in [0, 0.1) is 17.8 Å². The van der Waals surface area contributed by atoms with Crippen LogP contribution in [0.4, 0.5) is 0 Å². The van der Waals surface area contributed by atoms with Gasteiger partial charge in [-0.3, -0.25) is 0 Å². The van der Waals surface area contributed by atoms with E-state index in [0.29, 0.717) is 5.92 Å². The third kappa shape index (κ3) is 1.50. The lowest BCUT2D eigenvalue weighted by atomic mass is 9.69. The zero-order valence-corrected chi connectivity index (χ0v) is 7.67. The molecule has 1 saturated heterocycles. The fraction of sp³-hybridized carbons (Fsp3) is 1.00. The molecule has 2 unspecified atom stereocenters. The Morgan fingerprint density at radius 2 is 2.08 bits per heavy atom. The van der Waals surface area contributed by atoms with E-state index >= 15 is 0 Å². The number of nitrogens with two attached hydrogens (primary N) is 1. The average Bonchev–Trinajstić information content (AvgIpc) is 2.02. The van der Waals surface area contributed by atoms with E-state index < -0.39 is 0 Å². The number of ether oxygens (including phenoxy) is 1. The van der Waals surface area contributed by atoms with Gasteiger partial charge in [-0.05, 0) is 30.7 Å². The second-order valence-electron chi connectivity index (χ2n) is 4.21. The summed E-state index contributed by atoms with van der Waals surface area (Å²) in [6, 6.07) is 0. The molecule has 2 aliphatic rings. The van der Waals surface area contributed by atoms with Gasteiger partial charge in [-0.15, -0.1) is 0 Å². The summed E-state index contributed by atoms with van der Waals surface area (Å²) in [6.07, 6.45) is 5.59. The number of hydrogen-bond acceptors (Lipinski definition) is 2. The SMILES string of the molecule is NCC1COCCC1C1CCC1. The van der Waals surface area contributed by atoms with Crippen molar-refractivity contribution in [2.45, 2.75) is 25.7 Å². The first-order valence-electron chi connectivity index (χ1n) is 5.19. The van der Waals surface area contributed by atoms with E-state index in [1.807, 2.05) is 0 Å². The van der Waals surface area contributed by atoms with E-state index in [1.165, 1.54) is 25.7 Å². The molecular weight excluding hydrogens is 150 g/mol. The molecule has 12 heavy (non-hydrogen) atoms. The van der Waals surface area contributed by atoms with Crippen molar-refractivity contribution in [3.05, 3.63) is 0 Å². The normalized spacial score (nSPS) is 37.8. The molecule has 1 heterocycles. The van der Waals surface area contributed by atoms with Gasteiger partial charge in [0.05, 0.1) is 6.61 Å². The van der Waals surface area contributed by atoms with E-state index in [4.69, 9.17) is 10.5 Å². The second-order valence-corrected chi connectivity index (χ2v) is 4.21. The maximum Gasteiger partial charge on any atom is 0.0509 e. The Labute approximate surface area is 74.5 Å². The fourth-order valence-electron chi connectivity index (χ4n) is 2.54. The lowest BCUT2D eigenvalue weighted by molar-refractivity contribution is -0.0163. The molecule has 1 aliphatic carbocycles. The van der Waals surface area contributed by atoms with E-state index in [1.54, 1.807) is 0 Å². The minimum Gasteiger partial charge on any atom is -0.381 e. The molecule has 2 N–H and O–H groups in total. The molecule has 1 saturated carbocycles. The zero-order valence-electron chi connectivity index (χ0n) is 7.67. The summed E-state index contributed by atoms with van der Waals surface area (Å²) in [4.78, 5) is 0. The molecule has 0 aromatic carbocycles. The van der Waals surface area contributed by atoms with Gasteiger partial charge >= 0.3 is 0 Å². The van der Waals surface area contributed by atoms with Gasteiger partial charge in [-0.2, -0.15) is 0 Å². The molecule has 0 aromatic heterocycles. The Balaban J connectivity index is 1.90. The minimum atomic E-state index is 0.657. The van der Waals surface area contributed by atoms with Crippen LogP contribution in [0.25, 0.3) is 0 Å². The van der Waals surface area contributed by atoms with Gasteiger partial charge in [0.2, 0.25) is 0 Å². The van der Waals surface area contributed by atoms with E-state index in [2.05, 4.69) is 0 Å². The van der Waals surface area contributed by atoms with E-state index in [9.17, 15) is 0 Å².